The lowest BCUT2D eigenvalue weighted by molar-refractivity contribution is -0.110. The van der Waals surface area contributed by atoms with Crippen LogP contribution in [-0.4, -0.2) is 57.4 Å². The van der Waals surface area contributed by atoms with Crippen LogP contribution < -0.4 is 5.73 Å². The molecule has 0 aromatic rings. The minimum absolute atomic E-state index is 0.237. The zero-order valence-corrected chi connectivity index (χ0v) is 8.60. The first-order valence-corrected chi connectivity index (χ1v) is 5.03. The van der Waals surface area contributed by atoms with Crippen molar-refractivity contribution >= 4 is 5.84 Å². The first-order chi connectivity index (χ1) is 7.61. The Morgan fingerprint density at radius 1 is 1.56 bits per heavy atom. The summed E-state index contributed by atoms with van der Waals surface area (Å²) < 4.78 is 5.37. The molecule has 0 saturated carbocycles. The molecule has 0 radical (unpaired) electrons. The molecule has 0 aromatic carbocycles. The maximum absolute atomic E-state index is 9.63. The normalized spacial score (nSPS) is 38.9. The van der Waals surface area contributed by atoms with Crippen molar-refractivity contribution in [3.8, 4) is 0 Å². The van der Waals surface area contributed by atoms with E-state index in [1.165, 1.54) is 11.0 Å². The van der Waals surface area contributed by atoms with Gasteiger partial charge in [0.1, 0.15) is 18.2 Å². The molecule has 7 nitrogen and oxygen atoms in total. The predicted molar refractivity (Wildman–Crippen MR) is 55.0 cm³/mol. The van der Waals surface area contributed by atoms with Crippen molar-refractivity contribution in [3.63, 3.8) is 0 Å². The lowest BCUT2D eigenvalue weighted by atomic mass is 10.2. The number of nitrogens with two attached hydrogens (primary N) is 1. The summed E-state index contributed by atoms with van der Waals surface area (Å²) in [4.78, 5) is 5.19. The number of amidine groups is 1. The van der Waals surface area contributed by atoms with Crippen molar-refractivity contribution in [3.05, 3.63) is 12.3 Å². The van der Waals surface area contributed by atoms with E-state index < -0.39 is 24.8 Å². The molecule has 0 aromatic heterocycles. The topological polar surface area (TPSA) is 112 Å². The molecule has 2 aliphatic heterocycles. The van der Waals surface area contributed by atoms with E-state index in [1.807, 2.05) is 0 Å². The van der Waals surface area contributed by atoms with E-state index in [0.29, 0.717) is 6.42 Å². The maximum atomic E-state index is 9.63. The van der Waals surface area contributed by atoms with Crippen molar-refractivity contribution in [1.29, 1.82) is 0 Å². The fourth-order valence-corrected chi connectivity index (χ4v) is 1.79. The highest BCUT2D eigenvalue weighted by Crippen LogP contribution is 2.25. The third kappa shape index (κ3) is 2.03. The van der Waals surface area contributed by atoms with Crippen LogP contribution in [0.4, 0.5) is 0 Å². The molecule has 16 heavy (non-hydrogen) atoms. The molecule has 1 unspecified atom stereocenters. The highest BCUT2D eigenvalue weighted by Gasteiger charge is 2.38. The molecule has 5 N–H and O–H groups in total. The molecule has 2 heterocycles. The number of hydrogen-bond acceptors (Lipinski definition) is 7. The Labute approximate surface area is 92.4 Å². The van der Waals surface area contributed by atoms with Crippen molar-refractivity contribution < 1.29 is 20.1 Å². The molecule has 0 bridgehead atoms. The van der Waals surface area contributed by atoms with Crippen LogP contribution in [0.25, 0.3) is 0 Å². The number of aliphatic hydroxyl groups excluding tert-OH is 3. The van der Waals surface area contributed by atoms with Gasteiger partial charge in [0.05, 0.1) is 12.7 Å². The first-order valence-electron chi connectivity index (χ1n) is 5.03. The van der Waals surface area contributed by atoms with E-state index in [0.717, 1.165) is 0 Å². The molecule has 2 aliphatic rings. The van der Waals surface area contributed by atoms with Gasteiger partial charge in [0.2, 0.25) is 6.35 Å². The van der Waals surface area contributed by atoms with Gasteiger partial charge in [0.25, 0.3) is 0 Å². The fraction of sp³-hybridized carbons (Fsp3) is 0.667. The van der Waals surface area contributed by atoms with Crippen molar-refractivity contribution in [2.75, 3.05) is 6.61 Å². The van der Waals surface area contributed by atoms with Crippen molar-refractivity contribution in [1.82, 2.24) is 4.90 Å². The number of rotatable bonds is 2. The molecular formula is C9H15N3O4. The number of aliphatic hydroxyl groups is 3. The van der Waals surface area contributed by atoms with Crippen LogP contribution in [0.15, 0.2) is 17.3 Å². The van der Waals surface area contributed by atoms with Gasteiger partial charge in [-0.2, -0.15) is 0 Å². The second kappa shape index (κ2) is 4.38. The van der Waals surface area contributed by atoms with E-state index in [9.17, 15) is 10.2 Å². The minimum Gasteiger partial charge on any atom is -0.394 e. The zero-order chi connectivity index (χ0) is 11.7. The number of nitrogens with zero attached hydrogens (tertiary/aromatic N) is 2. The van der Waals surface area contributed by atoms with E-state index in [1.54, 1.807) is 6.20 Å². The first kappa shape index (κ1) is 11.3. The SMILES string of the molecule is NC1=NC(O)N([C@H]2C[C@H](O)[C@@H](CO)O2)C=C1. The molecule has 2 rings (SSSR count). The second-order valence-electron chi connectivity index (χ2n) is 3.78. The van der Waals surface area contributed by atoms with E-state index in [2.05, 4.69) is 4.99 Å². The minimum atomic E-state index is -1.11. The van der Waals surface area contributed by atoms with Crippen LogP contribution in [0.2, 0.25) is 0 Å². The molecule has 0 spiro atoms. The summed E-state index contributed by atoms with van der Waals surface area (Å²) in [5.41, 5.74) is 5.41. The molecule has 90 valence electrons. The van der Waals surface area contributed by atoms with Crippen molar-refractivity contribution in [2.45, 2.75) is 31.2 Å². The maximum Gasteiger partial charge on any atom is 0.229 e. The zero-order valence-electron chi connectivity index (χ0n) is 8.60. The molecule has 0 aliphatic carbocycles. The highest BCUT2D eigenvalue weighted by atomic mass is 16.5. The Hall–Kier alpha value is -1.15. The lowest BCUT2D eigenvalue weighted by Gasteiger charge is -2.31. The summed E-state index contributed by atoms with van der Waals surface area (Å²) in [6.07, 6.45) is 0.434. The Morgan fingerprint density at radius 2 is 2.31 bits per heavy atom. The Morgan fingerprint density at radius 3 is 2.88 bits per heavy atom. The van der Waals surface area contributed by atoms with Gasteiger partial charge in [-0.25, -0.2) is 4.99 Å². The Balaban J connectivity index is 2.03. The molecule has 4 atom stereocenters. The van der Waals surface area contributed by atoms with Gasteiger partial charge in [0, 0.05) is 12.6 Å². The smallest absolute Gasteiger partial charge is 0.229 e. The van der Waals surface area contributed by atoms with Crippen LogP contribution in [0, 0.1) is 0 Å². The summed E-state index contributed by atoms with van der Waals surface area (Å²) in [6.45, 7) is -0.253. The van der Waals surface area contributed by atoms with E-state index in [4.69, 9.17) is 15.6 Å². The number of aliphatic imine (C=N–C) groups is 1. The fourth-order valence-electron chi connectivity index (χ4n) is 1.79. The summed E-state index contributed by atoms with van der Waals surface area (Å²) in [6, 6.07) is 0. The number of ether oxygens (including phenoxy) is 1. The Kier molecular flexibility index (Phi) is 3.10. The van der Waals surface area contributed by atoms with Gasteiger partial charge >= 0.3 is 0 Å². The average Bonchev–Trinajstić information content (AvgIpc) is 2.59. The van der Waals surface area contributed by atoms with Crippen LogP contribution in [0.1, 0.15) is 6.42 Å². The average molecular weight is 229 g/mol. The van der Waals surface area contributed by atoms with Gasteiger partial charge in [-0.1, -0.05) is 0 Å². The van der Waals surface area contributed by atoms with Gasteiger partial charge in [-0.05, 0) is 6.08 Å². The molecule has 7 heteroatoms. The van der Waals surface area contributed by atoms with Crippen LogP contribution in [-0.2, 0) is 4.74 Å². The van der Waals surface area contributed by atoms with Crippen LogP contribution >= 0.6 is 0 Å². The Bertz CT molecular complexity index is 320. The summed E-state index contributed by atoms with van der Waals surface area (Å²) >= 11 is 0. The lowest BCUT2D eigenvalue weighted by Crippen LogP contribution is -2.41. The third-order valence-electron chi connectivity index (χ3n) is 2.67. The molecule has 1 saturated heterocycles. The number of hydrogen-bond donors (Lipinski definition) is 4. The van der Waals surface area contributed by atoms with Gasteiger partial charge in [0.15, 0.2) is 0 Å². The highest BCUT2D eigenvalue weighted by molar-refractivity contribution is 5.91. The molecular weight excluding hydrogens is 214 g/mol. The van der Waals surface area contributed by atoms with Gasteiger partial charge in [-0.15, -0.1) is 0 Å². The van der Waals surface area contributed by atoms with E-state index >= 15 is 0 Å². The summed E-state index contributed by atoms with van der Waals surface area (Å²) in [5, 5.41) is 28.1. The largest absolute Gasteiger partial charge is 0.394 e. The van der Waals surface area contributed by atoms with E-state index in [-0.39, 0.29) is 12.4 Å². The van der Waals surface area contributed by atoms with Crippen LogP contribution in [0.3, 0.4) is 0 Å². The standard InChI is InChI=1S/C9H15N3O4/c10-7-1-2-12(9(15)11-7)8-3-5(14)6(4-13)16-8/h1-2,5-6,8-9,13-15H,3-4H2,(H2,10,11)/t5-,6+,8+,9?/m0/s1. The third-order valence-corrected chi connectivity index (χ3v) is 2.67. The van der Waals surface area contributed by atoms with Crippen molar-refractivity contribution in [2.24, 2.45) is 10.7 Å². The predicted octanol–water partition coefficient (Wildman–Crippen LogP) is -2.08. The quantitative estimate of drug-likeness (QED) is 0.432. The van der Waals surface area contributed by atoms with Gasteiger partial charge < -0.3 is 30.7 Å². The summed E-state index contributed by atoms with van der Waals surface area (Å²) in [5.74, 6) is 0.237. The summed E-state index contributed by atoms with van der Waals surface area (Å²) in [7, 11) is 0. The van der Waals surface area contributed by atoms with Crippen LogP contribution in [0.5, 0.6) is 0 Å². The van der Waals surface area contributed by atoms with Gasteiger partial charge in [-0.3, -0.25) is 0 Å². The molecule has 1 fully saturated rings. The molecule has 0 amide bonds. The monoisotopic (exact) mass is 229 g/mol. The second-order valence-corrected chi connectivity index (χ2v) is 3.78.